The topological polar surface area (TPSA) is 54.0 Å². The Labute approximate surface area is 127 Å². The maximum atomic E-state index is 11.8. The lowest BCUT2D eigenvalue weighted by Crippen LogP contribution is -2.27. The summed E-state index contributed by atoms with van der Waals surface area (Å²) < 4.78 is 0. The van der Waals surface area contributed by atoms with E-state index in [4.69, 9.17) is 0 Å². The summed E-state index contributed by atoms with van der Waals surface area (Å²) in [5.41, 5.74) is 1.49. The summed E-state index contributed by atoms with van der Waals surface area (Å²) in [7, 11) is 0. The second-order valence-corrected chi connectivity index (χ2v) is 5.94. The van der Waals surface area contributed by atoms with Crippen LogP contribution in [0.15, 0.2) is 18.3 Å². The lowest BCUT2D eigenvalue weighted by Gasteiger charge is -2.29. The van der Waals surface area contributed by atoms with Gasteiger partial charge >= 0.3 is 0 Å². The van der Waals surface area contributed by atoms with Gasteiger partial charge in [0.05, 0.1) is 0 Å². The van der Waals surface area contributed by atoms with Gasteiger partial charge in [-0.15, -0.1) is 0 Å². The largest absolute Gasteiger partial charge is 0.382 e. The van der Waals surface area contributed by atoms with E-state index in [1.165, 1.54) is 38.5 Å². The van der Waals surface area contributed by atoms with E-state index in [0.29, 0.717) is 18.3 Å². The minimum atomic E-state index is -0.104. The van der Waals surface area contributed by atoms with Gasteiger partial charge in [-0.2, -0.15) is 0 Å². The van der Waals surface area contributed by atoms with Gasteiger partial charge < -0.3 is 10.6 Å². The molecule has 0 atom stereocenters. The average molecular weight is 289 g/mol. The van der Waals surface area contributed by atoms with Crippen LogP contribution in [0.4, 0.5) is 5.69 Å². The molecule has 116 valence electrons. The Hall–Kier alpha value is -1.58. The molecule has 0 spiro atoms. The first-order valence-electron chi connectivity index (χ1n) is 8.23. The van der Waals surface area contributed by atoms with Crippen molar-refractivity contribution in [1.82, 2.24) is 10.3 Å². The molecule has 1 amide bonds. The molecule has 1 fully saturated rings. The van der Waals surface area contributed by atoms with Crippen LogP contribution in [0.25, 0.3) is 0 Å². The number of hydrogen-bond acceptors (Lipinski definition) is 3. The number of nitrogens with one attached hydrogen (secondary N) is 2. The van der Waals surface area contributed by atoms with Crippen LogP contribution in [0.2, 0.25) is 0 Å². The third kappa shape index (κ3) is 4.73. The van der Waals surface area contributed by atoms with Crippen molar-refractivity contribution in [2.24, 2.45) is 5.92 Å². The van der Waals surface area contributed by atoms with Crippen molar-refractivity contribution in [3.63, 3.8) is 0 Å². The molecule has 1 aliphatic rings. The lowest BCUT2D eigenvalue weighted by atomic mass is 9.83. The Morgan fingerprint density at radius 1 is 1.29 bits per heavy atom. The van der Waals surface area contributed by atoms with Crippen molar-refractivity contribution in [2.75, 3.05) is 11.9 Å². The van der Waals surface area contributed by atoms with Crippen LogP contribution in [-0.2, 0) is 0 Å². The fraction of sp³-hybridized carbons (Fsp3) is 0.647. The number of carbonyl (C=O) groups is 1. The highest BCUT2D eigenvalue weighted by Gasteiger charge is 2.20. The zero-order valence-corrected chi connectivity index (χ0v) is 13.2. The van der Waals surface area contributed by atoms with Crippen LogP contribution in [0.1, 0.15) is 62.9 Å². The summed E-state index contributed by atoms with van der Waals surface area (Å²) in [5.74, 6) is 0.809. The number of rotatable bonds is 6. The van der Waals surface area contributed by atoms with E-state index in [2.05, 4.69) is 22.5 Å². The molecule has 0 unspecified atom stereocenters. The quantitative estimate of drug-likeness (QED) is 0.841. The molecule has 1 aromatic rings. The molecule has 0 aromatic carbocycles. The van der Waals surface area contributed by atoms with Gasteiger partial charge in [0, 0.05) is 24.5 Å². The van der Waals surface area contributed by atoms with E-state index in [1.807, 2.05) is 19.1 Å². The van der Waals surface area contributed by atoms with Crippen LogP contribution in [0.3, 0.4) is 0 Å². The summed E-state index contributed by atoms with van der Waals surface area (Å²) in [5, 5.41) is 6.34. The molecule has 1 saturated carbocycles. The number of amides is 1. The predicted octanol–water partition coefficient (Wildman–Crippen LogP) is 3.60. The van der Waals surface area contributed by atoms with E-state index >= 15 is 0 Å². The zero-order chi connectivity index (χ0) is 15.1. The van der Waals surface area contributed by atoms with Crippen LogP contribution in [-0.4, -0.2) is 23.5 Å². The Morgan fingerprint density at radius 2 is 2.05 bits per heavy atom. The Kier molecular flexibility index (Phi) is 6.03. The smallest absolute Gasteiger partial charge is 0.269 e. The molecule has 0 bridgehead atoms. The molecule has 0 saturated heterocycles. The highest BCUT2D eigenvalue weighted by molar-refractivity contribution is 5.93. The molecule has 1 aliphatic carbocycles. The van der Waals surface area contributed by atoms with Crippen LogP contribution >= 0.6 is 0 Å². The summed E-state index contributed by atoms with van der Waals surface area (Å²) in [4.78, 5) is 15.9. The molecule has 2 N–H and O–H groups in total. The van der Waals surface area contributed by atoms with E-state index in [9.17, 15) is 4.79 Å². The number of pyridine rings is 1. The maximum Gasteiger partial charge on any atom is 0.269 e. The van der Waals surface area contributed by atoms with Crippen molar-refractivity contribution in [1.29, 1.82) is 0 Å². The predicted molar refractivity (Wildman–Crippen MR) is 86.5 cm³/mol. The first kappa shape index (κ1) is 15.8. The molecule has 4 nitrogen and oxygen atoms in total. The molecule has 4 heteroatoms. The number of hydrogen-bond donors (Lipinski definition) is 2. The average Bonchev–Trinajstić information content (AvgIpc) is 2.50. The van der Waals surface area contributed by atoms with Crippen molar-refractivity contribution in [2.45, 2.75) is 58.4 Å². The van der Waals surface area contributed by atoms with Crippen molar-refractivity contribution < 1.29 is 4.79 Å². The fourth-order valence-electron chi connectivity index (χ4n) is 3.14. The first-order chi connectivity index (χ1) is 10.2. The van der Waals surface area contributed by atoms with Crippen molar-refractivity contribution in [3.8, 4) is 0 Å². The van der Waals surface area contributed by atoms with Crippen molar-refractivity contribution in [3.05, 3.63) is 24.0 Å². The number of aromatic nitrogens is 1. The van der Waals surface area contributed by atoms with Crippen LogP contribution < -0.4 is 10.6 Å². The highest BCUT2D eigenvalue weighted by atomic mass is 16.1. The number of carbonyl (C=O) groups excluding carboxylic acids is 1. The van der Waals surface area contributed by atoms with Crippen LogP contribution in [0.5, 0.6) is 0 Å². The SMILES string of the molecule is CCCC1CCC(Nc2ccnc(C(=O)NCC)c2)CC1. The van der Waals surface area contributed by atoms with Gasteiger partial charge in [-0.25, -0.2) is 0 Å². The van der Waals surface area contributed by atoms with E-state index in [-0.39, 0.29) is 5.91 Å². The fourth-order valence-corrected chi connectivity index (χ4v) is 3.14. The van der Waals surface area contributed by atoms with Gasteiger partial charge in [0.25, 0.3) is 5.91 Å². The van der Waals surface area contributed by atoms with Crippen molar-refractivity contribution >= 4 is 11.6 Å². The van der Waals surface area contributed by atoms with Gasteiger partial charge in [0.2, 0.25) is 0 Å². The van der Waals surface area contributed by atoms with E-state index < -0.39 is 0 Å². The standard InChI is InChI=1S/C17H27N3O/c1-3-5-13-6-8-14(9-7-13)20-15-10-11-19-16(12-15)17(21)18-4-2/h10-14H,3-9H2,1-2H3,(H,18,21)(H,19,20). The Morgan fingerprint density at radius 3 is 2.71 bits per heavy atom. The summed E-state index contributed by atoms with van der Waals surface area (Å²) in [6.07, 6.45) is 9.45. The maximum absolute atomic E-state index is 11.8. The third-order valence-electron chi connectivity index (χ3n) is 4.24. The second-order valence-electron chi connectivity index (χ2n) is 5.94. The second kappa shape index (κ2) is 8.01. The first-order valence-corrected chi connectivity index (χ1v) is 8.23. The van der Waals surface area contributed by atoms with Gasteiger partial charge in [-0.05, 0) is 50.7 Å². The number of nitrogens with zero attached hydrogens (tertiary/aromatic N) is 1. The Balaban J connectivity index is 1.89. The van der Waals surface area contributed by atoms with Crippen LogP contribution in [0, 0.1) is 5.92 Å². The highest BCUT2D eigenvalue weighted by Crippen LogP contribution is 2.29. The van der Waals surface area contributed by atoms with Gasteiger partial charge in [-0.1, -0.05) is 19.8 Å². The zero-order valence-electron chi connectivity index (χ0n) is 13.2. The molecule has 1 aromatic heterocycles. The van der Waals surface area contributed by atoms with Gasteiger partial charge in [0.15, 0.2) is 0 Å². The monoisotopic (exact) mass is 289 g/mol. The normalized spacial score (nSPS) is 21.8. The molecular weight excluding hydrogens is 262 g/mol. The van der Waals surface area contributed by atoms with E-state index in [0.717, 1.165) is 11.6 Å². The minimum absolute atomic E-state index is 0.104. The van der Waals surface area contributed by atoms with Gasteiger partial charge in [0.1, 0.15) is 5.69 Å². The molecule has 0 aliphatic heterocycles. The Bertz CT molecular complexity index is 453. The van der Waals surface area contributed by atoms with E-state index in [1.54, 1.807) is 6.20 Å². The summed E-state index contributed by atoms with van der Waals surface area (Å²) in [6.45, 7) is 4.80. The molecular formula is C17H27N3O. The summed E-state index contributed by atoms with van der Waals surface area (Å²) >= 11 is 0. The lowest BCUT2D eigenvalue weighted by molar-refractivity contribution is 0.0951. The molecule has 0 radical (unpaired) electrons. The number of anilines is 1. The van der Waals surface area contributed by atoms with Gasteiger partial charge in [-0.3, -0.25) is 9.78 Å². The molecule has 2 rings (SSSR count). The molecule has 1 heterocycles. The molecule has 21 heavy (non-hydrogen) atoms. The third-order valence-corrected chi connectivity index (χ3v) is 4.24. The summed E-state index contributed by atoms with van der Waals surface area (Å²) in [6, 6.07) is 4.33. The minimum Gasteiger partial charge on any atom is -0.382 e.